The fourth-order valence-corrected chi connectivity index (χ4v) is 1.15. The van der Waals surface area contributed by atoms with Crippen molar-refractivity contribution in [3.63, 3.8) is 0 Å². The molecule has 0 aliphatic rings. The van der Waals surface area contributed by atoms with E-state index in [0.29, 0.717) is 16.0 Å². The highest BCUT2D eigenvalue weighted by Gasteiger charge is 2.02. The summed E-state index contributed by atoms with van der Waals surface area (Å²) in [6.07, 6.45) is 0.360. The topological polar surface area (TPSA) is 12.5 Å². The average molecular weight is 159 g/mol. The molecule has 0 rings (SSSR count). The second-order valence-electron chi connectivity index (χ2n) is 2.43. The van der Waals surface area contributed by atoms with Gasteiger partial charge in [0.15, 0.2) is 0 Å². The van der Waals surface area contributed by atoms with E-state index < -0.39 is 0 Å². The lowest BCUT2D eigenvalue weighted by molar-refractivity contribution is 0.224. The quantitative estimate of drug-likeness (QED) is 0.560. The lowest BCUT2D eigenvalue weighted by Crippen LogP contribution is -2.30. The molecule has 0 saturated carbocycles. The standard InChI is InChI=1S/C7H17NOSi/c1-5-8(6-2)10-9-7(3)4/h7H,5-6H2,1-4H3. The Morgan fingerprint density at radius 3 is 2.10 bits per heavy atom. The van der Waals surface area contributed by atoms with Gasteiger partial charge in [-0.05, 0) is 26.9 Å². The molecule has 3 heteroatoms. The van der Waals surface area contributed by atoms with Crippen LogP contribution in [0.2, 0.25) is 0 Å². The minimum Gasteiger partial charge on any atom is -0.400 e. The zero-order valence-corrected chi connectivity index (χ0v) is 8.35. The molecule has 0 saturated heterocycles. The monoisotopic (exact) mass is 159 g/mol. The van der Waals surface area contributed by atoms with E-state index in [1.165, 1.54) is 0 Å². The molecule has 60 valence electrons. The van der Waals surface area contributed by atoms with E-state index in [0.717, 1.165) is 13.1 Å². The Hall–Kier alpha value is 0.137. The molecule has 10 heavy (non-hydrogen) atoms. The molecule has 0 bridgehead atoms. The van der Waals surface area contributed by atoms with Crippen LogP contribution in [0.25, 0.3) is 0 Å². The van der Waals surface area contributed by atoms with Crippen LogP contribution in [-0.4, -0.2) is 33.7 Å². The minimum absolute atomic E-state index is 0.360. The van der Waals surface area contributed by atoms with Crippen LogP contribution in [0.3, 0.4) is 0 Å². The molecule has 0 aliphatic heterocycles. The summed E-state index contributed by atoms with van der Waals surface area (Å²) in [6.45, 7) is 10.6. The Labute approximate surface area is 66.6 Å². The molecule has 0 amide bonds. The SMILES string of the molecule is CCN(CC)[Si]OC(C)C. The summed E-state index contributed by atoms with van der Waals surface area (Å²) < 4.78 is 7.72. The molecule has 2 nitrogen and oxygen atoms in total. The van der Waals surface area contributed by atoms with Crippen LogP contribution in [0.1, 0.15) is 27.7 Å². The molecule has 0 atom stereocenters. The summed E-state index contributed by atoms with van der Waals surface area (Å²) in [5.41, 5.74) is 0. The Morgan fingerprint density at radius 2 is 1.80 bits per heavy atom. The largest absolute Gasteiger partial charge is 0.400 e. The fourth-order valence-electron chi connectivity index (χ4n) is 0.533. The zero-order valence-electron chi connectivity index (χ0n) is 7.35. The molecule has 0 aromatic heterocycles. The van der Waals surface area contributed by atoms with Gasteiger partial charge in [-0.3, -0.25) is 0 Å². The molecule has 0 spiro atoms. The highest BCUT2D eigenvalue weighted by atomic mass is 28.2. The smallest absolute Gasteiger partial charge is 0.340 e. The summed E-state index contributed by atoms with van der Waals surface area (Å²) >= 11 is 0. The van der Waals surface area contributed by atoms with Gasteiger partial charge in [-0.25, -0.2) is 0 Å². The summed E-state index contributed by atoms with van der Waals surface area (Å²) in [6, 6.07) is 0. The molecule has 0 N–H and O–H groups in total. The van der Waals surface area contributed by atoms with Crippen LogP contribution in [-0.2, 0) is 4.43 Å². The lowest BCUT2D eigenvalue weighted by atomic mass is 10.5. The first-order chi connectivity index (χ1) is 4.70. The maximum absolute atomic E-state index is 5.44. The second-order valence-corrected chi connectivity index (χ2v) is 3.48. The van der Waals surface area contributed by atoms with Gasteiger partial charge in [0.25, 0.3) is 0 Å². The van der Waals surface area contributed by atoms with Gasteiger partial charge in [-0.2, -0.15) is 0 Å². The van der Waals surface area contributed by atoms with Crippen LogP contribution >= 0.6 is 0 Å². The van der Waals surface area contributed by atoms with Crippen molar-refractivity contribution in [2.45, 2.75) is 33.8 Å². The van der Waals surface area contributed by atoms with E-state index in [4.69, 9.17) is 4.43 Å². The third-order valence-corrected chi connectivity index (χ3v) is 2.65. The highest BCUT2D eigenvalue weighted by Crippen LogP contribution is 1.89. The highest BCUT2D eigenvalue weighted by molar-refractivity contribution is 6.23. The van der Waals surface area contributed by atoms with Crippen molar-refractivity contribution >= 4 is 9.92 Å². The van der Waals surface area contributed by atoms with Crippen molar-refractivity contribution in [3.8, 4) is 0 Å². The van der Waals surface area contributed by atoms with E-state index in [-0.39, 0.29) is 0 Å². The van der Waals surface area contributed by atoms with Crippen molar-refractivity contribution in [1.29, 1.82) is 0 Å². The molecule has 0 aliphatic carbocycles. The number of nitrogens with zero attached hydrogens (tertiary/aromatic N) is 1. The molecule has 0 aromatic rings. The van der Waals surface area contributed by atoms with E-state index >= 15 is 0 Å². The molecule has 0 heterocycles. The lowest BCUT2D eigenvalue weighted by Gasteiger charge is -2.16. The van der Waals surface area contributed by atoms with Gasteiger partial charge < -0.3 is 8.99 Å². The maximum Gasteiger partial charge on any atom is 0.340 e. The maximum atomic E-state index is 5.44. The van der Waals surface area contributed by atoms with Gasteiger partial charge in [0, 0.05) is 6.10 Å². The van der Waals surface area contributed by atoms with Gasteiger partial charge in [0.2, 0.25) is 0 Å². The van der Waals surface area contributed by atoms with Gasteiger partial charge in [0.05, 0.1) is 0 Å². The summed E-state index contributed by atoms with van der Waals surface area (Å²) in [4.78, 5) is 0. The van der Waals surface area contributed by atoms with Crippen molar-refractivity contribution in [2.75, 3.05) is 13.1 Å². The first-order valence-electron chi connectivity index (χ1n) is 3.86. The van der Waals surface area contributed by atoms with Crippen molar-refractivity contribution < 1.29 is 4.43 Å². The molecular weight excluding hydrogens is 142 g/mol. The minimum atomic E-state index is 0.360. The van der Waals surface area contributed by atoms with Gasteiger partial charge in [-0.1, -0.05) is 13.8 Å². The van der Waals surface area contributed by atoms with Crippen LogP contribution in [0.15, 0.2) is 0 Å². The molecular formula is C7H17NOSi. The number of rotatable bonds is 5. The van der Waals surface area contributed by atoms with Gasteiger partial charge in [-0.15, -0.1) is 0 Å². The van der Waals surface area contributed by atoms with Crippen LogP contribution in [0.5, 0.6) is 0 Å². The third-order valence-electron chi connectivity index (χ3n) is 1.18. The predicted molar refractivity (Wildman–Crippen MR) is 44.9 cm³/mol. The van der Waals surface area contributed by atoms with Crippen molar-refractivity contribution in [1.82, 2.24) is 4.57 Å². The predicted octanol–water partition coefficient (Wildman–Crippen LogP) is 1.29. The molecule has 0 fully saturated rings. The summed E-state index contributed by atoms with van der Waals surface area (Å²) in [5.74, 6) is 0. The zero-order chi connectivity index (χ0) is 7.98. The van der Waals surface area contributed by atoms with Gasteiger partial charge in [0.1, 0.15) is 0 Å². The number of hydrogen-bond acceptors (Lipinski definition) is 2. The first kappa shape index (κ1) is 10.1. The van der Waals surface area contributed by atoms with Crippen LogP contribution in [0.4, 0.5) is 0 Å². The van der Waals surface area contributed by atoms with E-state index in [2.05, 4.69) is 32.3 Å². The normalized spacial score (nSPS) is 11.4. The van der Waals surface area contributed by atoms with Crippen molar-refractivity contribution in [2.24, 2.45) is 0 Å². The van der Waals surface area contributed by atoms with E-state index in [1.54, 1.807) is 0 Å². The Kier molecular flexibility index (Phi) is 5.97. The summed E-state index contributed by atoms with van der Waals surface area (Å²) in [5, 5.41) is 0. The third kappa shape index (κ3) is 4.96. The summed E-state index contributed by atoms with van der Waals surface area (Å²) in [7, 11) is 0.537. The van der Waals surface area contributed by atoms with Gasteiger partial charge >= 0.3 is 9.92 Å². The fraction of sp³-hybridized carbons (Fsp3) is 1.00. The Balaban J connectivity index is 3.26. The van der Waals surface area contributed by atoms with E-state index in [1.807, 2.05) is 0 Å². The number of hydrogen-bond donors (Lipinski definition) is 0. The molecule has 0 unspecified atom stereocenters. The molecule has 2 radical (unpaired) electrons. The van der Waals surface area contributed by atoms with Crippen molar-refractivity contribution in [3.05, 3.63) is 0 Å². The molecule has 0 aromatic carbocycles. The van der Waals surface area contributed by atoms with E-state index in [9.17, 15) is 0 Å². The Morgan fingerprint density at radius 1 is 1.30 bits per heavy atom. The first-order valence-corrected chi connectivity index (χ1v) is 4.72. The average Bonchev–Trinajstić information content (AvgIpc) is 1.90. The Bertz CT molecular complexity index is 74.0. The van der Waals surface area contributed by atoms with Crippen LogP contribution < -0.4 is 0 Å². The second kappa shape index (κ2) is 5.89. The van der Waals surface area contributed by atoms with Crippen LogP contribution in [0, 0.1) is 0 Å².